The standard InChI is InChI=1S/C17H14Cl4N2O2/c1-10(12-3-5-14(18)16(20)7-12)22-24-9-25-23-11(2)13-4-6-15(19)17(21)8-13/h3-8,22-23H,1-2,9H2. The summed E-state index contributed by atoms with van der Waals surface area (Å²) in [5, 5.41) is 1.79. The smallest absolute Gasteiger partial charge is 0.199 e. The van der Waals surface area contributed by atoms with Crippen molar-refractivity contribution in [3.8, 4) is 0 Å². The molecule has 2 aromatic carbocycles. The van der Waals surface area contributed by atoms with Gasteiger partial charge in [-0.05, 0) is 24.3 Å². The van der Waals surface area contributed by atoms with Crippen molar-refractivity contribution >= 4 is 57.8 Å². The van der Waals surface area contributed by atoms with Gasteiger partial charge in [0.1, 0.15) is 0 Å². The molecule has 0 heterocycles. The van der Waals surface area contributed by atoms with Crippen molar-refractivity contribution in [1.29, 1.82) is 0 Å². The van der Waals surface area contributed by atoms with Crippen LogP contribution in [0.2, 0.25) is 20.1 Å². The van der Waals surface area contributed by atoms with Crippen LogP contribution in [0.5, 0.6) is 0 Å². The first-order valence-corrected chi connectivity index (χ1v) is 8.44. The van der Waals surface area contributed by atoms with Gasteiger partial charge in [0.15, 0.2) is 6.79 Å². The Bertz CT molecular complexity index is 731. The maximum Gasteiger partial charge on any atom is 0.199 e. The summed E-state index contributed by atoms with van der Waals surface area (Å²) in [6.45, 7) is 7.56. The zero-order valence-corrected chi connectivity index (χ0v) is 15.9. The van der Waals surface area contributed by atoms with Crippen molar-refractivity contribution in [3.63, 3.8) is 0 Å². The quantitative estimate of drug-likeness (QED) is 0.315. The lowest BCUT2D eigenvalue weighted by Crippen LogP contribution is -2.20. The lowest BCUT2D eigenvalue weighted by atomic mass is 10.2. The molecule has 8 heteroatoms. The lowest BCUT2D eigenvalue weighted by molar-refractivity contribution is -0.107. The molecule has 0 saturated heterocycles. The van der Waals surface area contributed by atoms with E-state index in [4.69, 9.17) is 56.1 Å². The van der Waals surface area contributed by atoms with Crippen molar-refractivity contribution in [2.75, 3.05) is 6.79 Å². The predicted molar refractivity (Wildman–Crippen MR) is 104 cm³/mol. The molecular formula is C17H14Cl4N2O2. The molecule has 4 nitrogen and oxygen atoms in total. The van der Waals surface area contributed by atoms with Crippen LogP contribution in [-0.4, -0.2) is 6.79 Å². The van der Waals surface area contributed by atoms with Crippen LogP contribution in [0, 0.1) is 0 Å². The Hall–Kier alpha value is -1.40. The first-order chi connectivity index (χ1) is 11.9. The van der Waals surface area contributed by atoms with E-state index in [1.807, 2.05) is 0 Å². The highest BCUT2D eigenvalue weighted by atomic mass is 35.5. The summed E-state index contributed by atoms with van der Waals surface area (Å²) in [7, 11) is 0. The second-order valence-corrected chi connectivity index (χ2v) is 6.45. The second kappa shape index (κ2) is 9.34. The zero-order valence-electron chi connectivity index (χ0n) is 12.9. The normalized spacial score (nSPS) is 10.4. The van der Waals surface area contributed by atoms with Crippen LogP contribution < -0.4 is 11.0 Å². The van der Waals surface area contributed by atoms with E-state index in [0.717, 1.165) is 11.1 Å². The van der Waals surface area contributed by atoms with Crippen LogP contribution in [0.4, 0.5) is 0 Å². The Balaban J connectivity index is 1.73. The van der Waals surface area contributed by atoms with Gasteiger partial charge in [-0.25, -0.2) is 9.68 Å². The molecule has 0 atom stereocenters. The molecule has 0 spiro atoms. The summed E-state index contributed by atoms with van der Waals surface area (Å²) in [6, 6.07) is 10.2. The monoisotopic (exact) mass is 418 g/mol. The van der Waals surface area contributed by atoms with Gasteiger partial charge in [0.2, 0.25) is 0 Å². The molecule has 2 aromatic rings. The van der Waals surface area contributed by atoms with Gasteiger partial charge in [-0.15, -0.1) is 0 Å². The largest absolute Gasteiger partial charge is 0.264 e. The molecule has 0 aliphatic rings. The SMILES string of the molecule is C=C(NOCONC(=C)c1ccc(Cl)c(Cl)c1)c1ccc(Cl)c(Cl)c1. The fourth-order valence-corrected chi connectivity index (χ4v) is 2.34. The van der Waals surface area contributed by atoms with Crippen molar-refractivity contribution in [1.82, 2.24) is 11.0 Å². The average Bonchev–Trinajstić information content (AvgIpc) is 2.59. The van der Waals surface area contributed by atoms with Gasteiger partial charge in [0.25, 0.3) is 0 Å². The molecule has 132 valence electrons. The summed E-state index contributed by atoms with van der Waals surface area (Å²) >= 11 is 23.6. The number of nitrogens with one attached hydrogen (secondary N) is 2. The van der Waals surface area contributed by atoms with Crippen LogP contribution in [0.15, 0.2) is 49.6 Å². The van der Waals surface area contributed by atoms with E-state index in [1.165, 1.54) is 0 Å². The second-order valence-electron chi connectivity index (χ2n) is 4.83. The third kappa shape index (κ3) is 5.82. The van der Waals surface area contributed by atoms with Crippen LogP contribution in [0.1, 0.15) is 11.1 Å². The average molecular weight is 420 g/mol. The van der Waals surface area contributed by atoms with E-state index in [-0.39, 0.29) is 6.79 Å². The maximum atomic E-state index is 5.95. The van der Waals surface area contributed by atoms with Crippen LogP contribution in [0.25, 0.3) is 11.4 Å². The molecule has 0 fully saturated rings. The fraction of sp³-hybridized carbons (Fsp3) is 0.0588. The lowest BCUT2D eigenvalue weighted by Gasteiger charge is -2.13. The maximum absolute atomic E-state index is 5.95. The van der Waals surface area contributed by atoms with E-state index in [1.54, 1.807) is 36.4 Å². The Labute approximate surface area is 165 Å². The molecule has 2 N–H and O–H groups in total. The van der Waals surface area contributed by atoms with Crippen molar-refractivity contribution < 1.29 is 9.68 Å². The number of hydrogen-bond donors (Lipinski definition) is 2. The van der Waals surface area contributed by atoms with Gasteiger partial charge in [0.05, 0.1) is 31.5 Å². The number of hydrogen-bond acceptors (Lipinski definition) is 4. The first-order valence-electron chi connectivity index (χ1n) is 6.92. The van der Waals surface area contributed by atoms with Gasteiger partial charge < -0.3 is 0 Å². The third-order valence-corrected chi connectivity index (χ3v) is 4.52. The molecule has 0 aliphatic heterocycles. The molecule has 0 unspecified atom stereocenters. The summed E-state index contributed by atoms with van der Waals surface area (Å²) in [4.78, 5) is 10.3. The third-order valence-electron chi connectivity index (χ3n) is 3.04. The number of rotatable bonds is 8. The molecule has 0 amide bonds. The minimum Gasteiger partial charge on any atom is -0.264 e. The molecule has 0 aliphatic carbocycles. The number of benzene rings is 2. The van der Waals surface area contributed by atoms with Crippen molar-refractivity contribution in [2.24, 2.45) is 0 Å². The summed E-state index contributed by atoms with van der Waals surface area (Å²) in [5.74, 6) is 0. The summed E-state index contributed by atoms with van der Waals surface area (Å²) in [6.07, 6.45) is 0. The molecule has 0 radical (unpaired) electrons. The minimum atomic E-state index is -0.110. The van der Waals surface area contributed by atoms with Gasteiger partial charge in [-0.3, -0.25) is 11.0 Å². The Morgan fingerprint density at radius 1 is 0.720 bits per heavy atom. The van der Waals surface area contributed by atoms with Gasteiger partial charge >= 0.3 is 0 Å². The Morgan fingerprint density at radius 3 is 1.48 bits per heavy atom. The van der Waals surface area contributed by atoms with E-state index in [0.29, 0.717) is 31.5 Å². The van der Waals surface area contributed by atoms with Crippen molar-refractivity contribution in [3.05, 3.63) is 80.8 Å². The van der Waals surface area contributed by atoms with Crippen LogP contribution in [0.3, 0.4) is 0 Å². The topological polar surface area (TPSA) is 42.5 Å². The summed E-state index contributed by atoms with van der Waals surface area (Å²) < 4.78 is 0. The van der Waals surface area contributed by atoms with E-state index in [9.17, 15) is 0 Å². The Morgan fingerprint density at radius 2 is 1.12 bits per heavy atom. The first kappa shape index (κ1) is 19.9. The number of hydroxylamine groups is 2. The highest BCUT2D eigenvalue weighted by Gasteiger charge is 2.05. The van der Waals surface area contributed by atoms with E-state index in [2.05, 4.69) is 24.1 Å². The zero-order chi connectivity index (χ0) is 18.4. The highest BCUT2D eigenvalue weighted by Crippen LogP contribution is 2.25. The predicted octanol–water partition coefficient (Wildman–Crippen LogP) is 5.94. The Kier molecular flexibility index (Phi) is 7.44. The molecular weight excluding hydrogens is 406 g/mol. The highest BCUT2D eigenvalue weighted by molar-refractivity contribution is 6.42. The minimum absolute atomic E-state index is 0.110. The van der Waals surface area contributed by atoms with Gasteiger partial charge in [-0.1, -0.05) is 71.7 Å². The number of halogens is 4. The fourth-order valence-electron chi connectivity index (χ4n) is 1.75. The summed E-state index contributed by atoms with van der Waals surface area (Å²) in [5.41, 5.74) is 7.78. The van der Waals surface area contributed by atoms with E-state index >= 15 is 0 Å². The molecule has 0 saturated carbocycles. The molecule has 0 bridgehead atoms. The molecule has 25 heavy (non-hydrogen) atoms. The van der Waals surface area contributed by atoms with Crippen LogP contribution in [-0.2, 0) is 9.68 Å². The van der Waals surface area contributed by atoms with Crippen molar-refractivity contribution in [2.45, 2.75) is 0 Å². The molecule has 2 rings (SSSR count). The van der Waals surface area contributed by atoms with Crippen LogP contribution >= 0.6 is 46.4 Å². The van der Waals surface area contributed by atoms with Gasteiger partial charge in [0, 0.05) is 11.1 Å². The molecule has 0 aromatic heterocycles. The van der Waals surface area contributed by atoms with Gasteiger partial charge in [-0.2, -0.15) is 0 Å². The van der Waals surface area contributed by atoms with E-state index < -0.39 is 0 Å².